The maximum atomic E-state index is 12.2. The second-order valence-electron chi connectivity index (χ2n) is 4.71. The van der Waals surface area contributed by atoms with Crippen LogP contribution in [0.25, 0.3) is 0 Å². The summed E-state index contributed by atoms with van der Waals surface area (Å²) in [5.74, 6) is 2.77. The highest BCUT2D eigenvalue weighted by Crippen LogP contribution is 2.28. The van der Waals surface area contributed by atoms with E-state index < -0.39 is 0 Å². The topological polar surface area (TPSA) is 50.4 Å². The Hall–Kier alpha value is -0.720. The summed E-state index contributed by atoms with van der Waals surface area (Å²) in [4.78, 5) is 12.2. The van der Waals surface area contributed by atoms with Crippen molar-refractivity contribution in [1.29, 1.82) is 0 Å². The molecular formula is C14H19BrN2O2S. The van der Waals surface area contributed by atoms with Gasteiger partial charge < -0.3 is 15.4 Å². The maximum Gasteiger partial charge on any atom is 0.238 e. The molecule has 0 saturated carbocycles. The lowest BCUT2D eigenvalue weighted by atomic mass is 10.1. The third-order valence-corrected chi connectivity index (χ3v) is 4.95. The molecule has 0 aromatic heterocycles. The van der Waals surface area contributed by atoms with E-state index in [0.717, 1.165) is 33.8 Å². The van der Waals surface area contributed by atoms with E-state index in [-0.39, 0.29) is 18.0 Å². The molecule has 1 aliphatic rings. The fourth-order valence-corrected chi connectivity index (χ4v) is 3.58. The molecule has 2 unspecified atom stereocenters. The summed E-state index contributed by atoms with van der Waals surface area (Å²) < 4.78 is 6.10. The Morgan fingerprint density at radius 1 is 1.60 bits per heavy atom. The summed E-state index contributed by atoms with van der Waals surface area (Å²) in [6, 6.07) is 5.73. The Kier molecular flexibility index (Phi) is 5.74. The molecule has 1 aliphatic heterocycles. The first-order chi connectivity index (χ1) is 9.61. The zero-order valence-corrected chi connectivity index (χ0v) is 14.0. The highest BCUT2D eigenvalue weighted by Gasteiger charge is 2.22. The Morgan fingerprint density at radius 2 is 2.40 bits per heavy atom. The average Bonchev–Trinajstić information content (AvgIpc) is 2.48. The van der Waals surface area contributed by atoms with Gasteiger partial charge in [-0.15, -0.1) is 0 Å². The van der Waals surface area contributed by atoms with Crippen molar-refractivity contribution in [2.45, 2.75) is 19.0 Å². The average molecular weight is 359 g/mol. The normalized spacial score (nSPS) is 20.2. The van der Waals surface area contributed by atoms with Gasteiger partial charge in [0.2, 0.25) is 5.91 Å². The molecule has 2 atom stereocenters. The standard InChI is InChI=1S/C14H19BrN2O2S/c1-9(10-3-4-13(19-2)11(15)7-10)17-14(18)12-8-20-6-5-16-12/h3-4,7,9,12,16H,5-6,8H2,1-2H3,(H,17,18). The van der Waals surface area contributed by atoms with Crippen LogP contribution in [0.4, 0.5) is 0 Å². The molecule has 1 fully saturated rings. The molecule has 1 amide bonds. The van der Waals surface area contributed by atoms with Crippen LogP contribution in [0.2, 0.25) is 0 Å². The maximum absolute atomic E-state index is 12.2. The largest absolute Gasteiger partial charge is 0.496 e. The lowest BCUT2D eigenvalue weighted by molar-refractivity contribution is -0.123. The number of carbonyl (C=O) groups is 1. The molecule has 0 spiro atoms. The van der Waals surface area contributed by atoms with Crippen LogP contribution in [0.3, 0.4) is 0 Å². The van der Waals surface area contributed by atoms with Crippen LogP contribution in [0.1, 0.15) is 18.5 Å². The molecule has 1 aromatic carbocycles. The van der Waals surface area contributed by atoms with Crippen LogP contribution >= 0.6 is 27.7 Å². The SMILES string of the molecule is COc1ccc(C(C)NC(=O)C2CSCCN2)cc1Br. The molecule has 1 aromatic rings. The first kappa shape index (κ1) is 15.7. The van der Waals surface area contributed by atoms with Gasteiger partial charge in [0, 0.05) is 18.1 Å². The third kappa shape index (κ3) is 3.90. The Balaban J connectivity index is 1.98. The monoisotopic (exact) mass is 358 g/mol. The van der Waals surface area contributed by atoms with Gasteiger partial charge in [0.05, 0.1) is 23.7 Å². The van der Waals surface area contributed by atoms with Crippen LogP contribution in [-0.4, -0.2) is 37.1 Å². The van der Waals surface area contributed by atoms with Crippen LogP contribution in [0.15, 0.2) is 22.7 Å². The van der Waals surface area contributed by atoms with Crippen LogP contribution in [-0.2, 0) is 4.79 Å². The van der Waals surface area contributed by atoms with Crippen molar-refractivity contribution in [2.24, 2.45) is 0 Å². The molecule has 0 radical (unpaired) electrons. The van der Waals surface area contributed by atoms with Crippen molar-refractivity contribution in [3.8, 4) is 5.75 Å². The third-order valence-electron chi connectivity index (χ3n) is 3.27. The van der Waals surface area contributed by atoms with E-state index in [4.69, 9.17) is 4.74 Å². The fourth-order valence-electron chi connectivity index (χ4n) is 2.08. The van der Waals surface area contributed by atoms with Crippen LogP contribution in [0.5, 0.6) is 5.75 Å². The summed E-state index contributed by atoms with van der Waals surface area (Å²) in [7, 11) is 1.64. The van der Waals surface area contributed by atoms with Gasteiger partial charge in [-0.25, -0.2) is 0 Å². The zero-order chi connectivity index (χ0) is 14.5. The van der Waals surface area contributed by atoms with Crippen LogP contribution in [0, 0.1) is 0 Å². The number of benzene rings is 1. The molecule has 4 nitrogen and oxygen atoms in total. The van der Waals surface area contributed by atoms with Crippen molar-refractivity contribution in [3.63, 3.8) is 0 Å². The number of thioether (sulfide) groups is 1. The predicted octanol–water partition coefficient (Wildman–Crippen LogP) is 2.34. The summed E-state index contributed by atoms with van der Waals surface area (Å²) in [5, 5.41) is 6.30. The number of nitrogens with one attached hydrogen (secondary N) is 2. The van der Waals surface area contributed by atoms with Crippen molar-refractivity contribution >= 4 is 33.6 Å². The van der Waals surface area contributed by atoms with Gasteiger partial charge in [-0.1, -0.05) is 6.07 Å². The minimum Gasteiger partial charge on any atom is -0.496 e. The summed E-state index contributed by atoms with van der Waals surface area (Å²) in [6.45, 7) is 2.88. The van der Waals surface area contributed by atoms with E-state index >= 15 is 0 Å². The number of methoxy groups -OCH3 is 1. The van der Waals surface area contributed by atoms with Crippen molar-refractivity contribution in [2.75, 3.05) is 25.2 Å². The predicted molar refractivity (Wildman–Crippen MR) is 86.4 cm³/mol. The quantitative estimate of drug-likeness (QED) is 0.867. The van der Waals surface area contributed by atoms with E-state index in [1.54, 1.807) is 7.11 Å². The Morgan fingerprint density at radius 3 is 3.00 bits per heavy atom. The van der Waals surface area contributed by atoms with Gasteiger partial charge in [0.25, 0.3) is 0 Å². The first-order valence-electron chi connectivity index (χ1n) is 6.56. The highest BCUT2D eigenvalue weighted by atomic mass is 79.9. The lowest BCUT2D eigenvalue weighted by Gasteiger charge is -2.24. The molecule has 2 rings (SSSR count). The molecule has 2 N–H and O–H groups in total. The number of amides is 1. The zero-order valence-electron chi connectivity index (χ0n) is 11.6. The molecule has 0 bridgehead atoms. The number of ether oxygens (including phenoxy) is 1. The Bertz CT molecular complexity index is 478. The second-order valence-corrected chi connectivity index (χ2v) is 6.71. The van der Waals surface area contributed by atoms with Crippen molar-refractivity contribution in [3.05, 3.63) is 28.2 Å². The van der Waals surface area contributed by atoms with E-state index in [9.17, 15) is 4.79 Å². The fraction of sp³-hybridized carbons (Fsp3) is 0.500. The molecule has 1 heterocycles. The molecule has 20 heavy (non-hydrogen) atoms. The van der Waals surface area contributed by atoms with Gasteiger partial charge in [0.15, 0.2) is 0 Å². The highest BCUT2D eigenvalue weighted by molar-refractivity contribution is 9.10. The number of carbonyl (C=O) groups excluding carboxylic acids is 1. The first-order valence-corrected chi connectivity index (χ1v) is 8.51. The van der Waals surface area contributed by atoms with Crippen LogP contribution < -0.4 is 15.4 Å². The summed E-state index contributed by atoms with van der Waals surface area (Å²) in [6.07, 6.45) is 0. The molecular weight excluding hydrogens is 340 g/mol. The number of hydrogen-bond acceptors (Lipinski definition) is 4. The number of hydrogen-bond donors (Lipinski definition) is 2. The molecule has 1 saturated heterocycles. The molecule has 110 valence electrons. The van der Waals surface area contributed by atoms with Gasteiger partial charge in [-0.05, 0) is 40.5 Å². The number of halogens is 1. The van der Waals surface area contributed by atoms with Crippen molar-refractivity contribution < 1.29 is 9.53 Å². The molecule has 0 aliphatic carbocycles. The minimum atomic E-state index is -0.0853. The minimum absolute atomic E-state index is 0.0292. The second kappa shape index (κ2) is 7.33. The van der Waals surface area contributed by atoms with Gasteiger partial charge in [0.1, 0.15) is 5.75 Å². The summed E-state index contributed by atoms with van der Waals surface area (Å²) >= 11 is 5.28. The Labute approximate surface area is 132 Å². The van der Waals surface area contributed by atoms with E-state index in [1.165, 1.54) is 0 Å². The van der Waals surface area contributed by atoms with Gasteiger partial charge in [-0.3, -0.25) is 4.79 Å². The smallest absolute Gasteiger partial charge is 0.238 e. The van der Waals surface area contributed by atoms with Gasteiger partial charge >= 0.3 is 0 Å². The van der Waals surface area contributed by atoms with Crippen molar-refractivity contribution in [1.82, 2.24) is 10.6 Å². The summed E-state index contributed by atoms with van der Waals surface area (Å²) in [5.41, 5.74) is 1.05. The van der Waals surface area contributed by atoms with Gasteiger partial charge in [-0.2, -0.15) is 11.8 Å². The molecule has 6 heteroatoms. The number of rotatable bonds is 4. The van der Waals surface area contributed by atoms with E-state index in [2.05, 4.69) is 26.6 Å². The van der Waals surface area contributed by atoms with E-state index in [0.29, 0.717) is 0 Å². The van der Waals surface area contributed by atoms with E-state index in [1.807, 2.05) is 36.9 Å². The lowest BCUT2D eigenvalue weighted by Crippen LogP contribution is -2.49.